The first kappa shape index (κ1) is 24.2. The number of aliphatic imine (C=N–C) groups is 1. The van der Waals surface area contributed by atoms with E-state index in [4.69, 9.17) is 16.6 Å². The lowest BCUT2D eigenvalue weighted by Crippen LogP contribution is -2.43. The number of rotatable bonds is 6. The van der Waals surface area contributed by atoms with Crippen LogP contribution >= 0.6 is 11.6 Å². The Labute approximate surface area is 224 Å². The molecule has 1 saturated carbocycles. The Kier molecular flexibility index (Phi) is 5.92. The normalized spacial score (nSPS) is 16.9. The van der Waals surface area contributed by atoms with Crippen molar-refractivity contribution in [1.82, 2.24) is 18.7 Å². The van der Waals surface area contributed by atoms with E-state index in [1.54, 1.807) is 27.6 Å². The molecule has 0 spiro atoms. The zero-order valence-corrected chi connectivity index (χ0v) is 22.0. The molecule has 38 heavy (non-hydrogen) atoms. The number of hydrogen-bond acceptors (Lipinski definition) is 6. The van der Waals surface area contributed by atoms with Gasteiger partial charge in [-0.3, -0.25) is 24.5 Å². The minimum Gasteiger partial charge on any atom is -0.369 e. The van der Waals surface area contributed by atoms with Gasteiger partial charge in [0.1, 0.15) is 17.4 Å². The second-order valence-corrected chi connectivity index (χ2v) is 10.6. The van der Waals surface area contributed by atoms with E-state index >= 15 is 0 Å². The third-order valence-electron chi connectivity index (χ3n) is 7.38. The first-order valence-corrected chi connectivity index (χ1v) is 13.1. The molecule has 2 N–H and O–H groups in total. The predicted octanol–water partition coefficient (Wildman–Crippen LogP) is 3.98. The number of nitrogens with one attached hydrogen (secondary N) is 2. The van der Waals surface area contributed by atoms with Crippen LogP contribution in [0.25, 0.3) is 10.9 Å². The second kappa shape index (κ2) is 9.30. The Hall–Kier alpha value is -4.16. The maximum atomic E-state index is 13.5. The molecule has 1 aliphatic heterocycles. The van der Waals surface area contributed by atoms with Crippen LogP contribution in [0.2, 0.25) is 5.02 Å². The van der Waals surface area contributed by atoms with Crippen molar-refractivity contribution >= 4 is 34.0 Å². The number of anilines is 1. The highest BCUT2D eigenvalue weighted by atomic mass is 35.5. The van der Waals surface area contributed by atoms with Gasteiger partial charge in [-0.15, -0.1) is 0 Å². The number of aryl methyl sites for hydroxylation is 1. The van der Waals surface area contributed by atoms with Gasteiger partial charge in [0, 0.05) is 42.9 Å². The van der Waals surface area contributed by atoms with E-state index in [1.165, 1.54) is 0 Å². The Morgan fingerprint density at radius 3 is 2.87 bits per heavy atom. The summed E-state index contributed by atoms with van der Waals surface area (Å²) in [6.07, 6.45) is 5.64. The SMILES string of the molecule is C[C@@H]1CNc2c(C(=NCc3ccnc4ccc(Cl)cc34)c3cc(C#N)cn3C)c(=N)n(CC3CC3)c(=O)n21. The Bertz CT molecular complexity index is 1780. The molecule has 9 nitrogen and oxygen atoms in total. The number of nitrogens with zero attached hydrogens (tertiary/aromatic N) is 6. The number of fused-ring (bicyclic) bond motifs is 2. The lowest BCUT2D eigenvalue weighted by molar-refractivity contribution is 0.501. The first-order chi connectivity index (χ1) is 18.4. The van der Waals surface area contributed by atoms with Gasteiger partial charge in [-0.2, -0.15) is 5.26 Å². The fourth-order valence-corrected chi connectivity index (χ4v) is 5.36. The average Bonchev–Trinajstić information content (AvgIpc) is 3.54. The minimum absolute atomic E-state index is 0.0575. The van der Waals surface area contributed by atoms with Crippen molar-refractivity contribution in [1.29, 1.82) is 10.7 Å². The van der Waals surface area contributed by atoms with E-state index in [2.05, 4.69) is 16.4 Å². The molecule has 6 rings (SSSR count). The summed E-state index contributed by atoms with van der Waals surface area (Å²) in [5.41, 5.74) is 4.05. The van der Waals surface area contributed by atoms with E-state index in [1.807, 2.05) is 42.8 Å². The third kappa shape index (κ3) is 4.11. The van der Waals surface area contributed by atoms with E-state index in [0.717, 1.165) is 29.3 Å². The summed E-state index contributed by atoms with van der Waals surface area (Å²) in [6, 6.07) is 11.4. The molecule has 0 bridgehead atoms. The largest absolute Gasteiger partial charge is 0.369 e. The highest BCUT2D eigenvalue weighted by Gasteiger charge is 2.31. The summed E-state index contributed by atoms with van der Waals surface area (Å²) in [4.78, 5) is 23.0. The Morgan fingerprint density at radius 2 is 2.13 bits per heavy atom. The van der Waals surface area contributed by atoms with E-state index < -0.39 is 0 Å². The van der Waals surface area contributed by atoms with Gasteiger partial charge in [0.05, 0.1) is 40.6 Å². The van der Waals surface area contributed by atoms with Crippen LogP contribution in [0, 0.1) is 22.7 Å². The number of pyridine rings is 1. The molecule has 10 heteroatoms. The molecule has 1 aromatic carbocycles. The van der Waals surface area contributed by atoms with Crippen LogP contribution < -0.4 is 16.5 Å². The average molecular weight is 527 g/mol. The van der Waals surface area contributed by atoms with Gasteiger partial charge in [0.2, 0.25) is 0 Å². The smallest absolute Gasteiger partial charge is 0.331 e. The Morgan fingerprint density at radius 1 is 1.32 bits per heavy atom. The molecular formula is C28H27ClN8O. The molecule has 0 saturated heterocycles. The first-order valence-electron chi connectivity index (χ1n) is 12.7. The summed E-state index contributed by atoms with van der Waals surface area (Å²) in [7, 11) is 1.86. The van der Waals surface area contributed by atoms with Gasteiger partial charge < -0.3 is 9.88 Å². The van der Waals surface area contributed by atoms with Gasteiger partial charge in [-0.05, 0) is 61.6 Å². The molecule has 0 radical (unpaired) electrons. The van der Waals surface area contributed by atoms with Crippen molar-refractivity contribution in [3.05, 3.63) is 86.1 Å². The van der Waals surface area contributed by atoms with Crippen molar-refractivity contribution < 1.29 is 0 Å². The molecule has 1 aliphatic carbocycles. The van der Waals surface area contributed by atoms with E-state index in [9.17, 15) is 15.5 Å². The maximum absolute atomic E-state index is 13.5. The topological polar surface area (TPSA) is 117 Å². The summed E-state index contributed by atoms with van der Waals surface area (Å²) in [6.45, 7) is 3.42. The molecule has 2 aliphatic rings. The van der Waals surface area contributed by atoms with Crippen LogP contribution in [-0.4, -0.2) is 30.9 Å². The highest BCUT2D eigenvalue weighted by Crippen LogP contribution is 2.31. The quantitative estimate of drug-likeness (QED) is 0.369. The van der Waals surface area contributed by atoms with Crippen LogP contribution in [-0.2, 0) is 20.1 Å². The summed E-state index contributed by atoms with van der Waals surface area (Å²) < 4.78 is 5.19. The minimum atomic E-state index is -0.170. The van der Waals surface area contributed by atoms with Crippen molar-refractivity contribution in [2.24, 2.45) is 18.0 Å². The maximum Gasteiger partial charge on any atom is 0.331 e. The Balaban J connectivity index is 1.59. The number of hydrogen-bond donors (Lipinski definition) is 2. The van der Waals surface area contributed by atoms with Crippen LogP contribution in [0.5, 0.6) is 0 Å². The van der Waals surface area contributed by atoms with Crippen molar-refractivity contribution in [3.63, 3.8) is 0 Å². The van der Waals surface area contributed by atoms with Crippen molar-refractivity contribution in [2.75, 3.05) is 11.9 Å². The molecule has 1 atom stereocenters. The van der Waals surface area contributed by atoms with Crippen molar-refractivity contribution in [3.8, 4) is 6.07 Å². The van der Waals surface area contributed by atoms with E-state index in [-0.39, 0.29) is 17.2 Å². The van der Waals surface area contributed by atoms with Crippen molar-refractivity contribution in [2.45, 2.75) is 38.9 Å². The molecule has 0 amide bonds. The zero-order valence-electron chi connectivity index (χ0n) is 21.2. The van der Waals surface area contributed by atoms with Crippen LogP contribution in [0.1, 0.15) is 48.2 Å². The molecule has 4 aromatic rings. The summed E-state index contributed by atoms with van der Waals surface area (Å²) in [5.74, 6) is 1.02. The van der Waals surface area contributed by atoms with Crippen LogP contribution in [0.15, 0.2) is 52.5 Å². The standard InChI is InChI=1S/C28H27ClN8O/c1-16-12-34-27-24(26(31)36(15-17-3-4-17)28(38)37(16)27)25(23-9-18(11-30)14-35(23)2)33-13-19-7-8-32-22-6-5-20(29)10-21(19)22/h5-10,14,16-17,31,34H,3-4,12-13,15H2,1-2H3/t16-/m1/s1. The predicted molar refractivity (Wildman–Crippen MR) is 147 cm³/mol. The highest BCUT2D eigenvalue weighted by molar-refractivity contribution is 6.31. The van der Waals surface area contributed by atoms with Crippen LogP contribution in [0.3, 0.4) is 0 Å². The lowest BCUT2D eigenvalue weighted by Gasteiger charge is -2.18. The van der Waals surface area contributed by atoms with Gasteiger partial charge in [0.15, 0.2) is 0 Å². The van der Waals surface area contributed by atoms with Gasteiger partial charge in [-0.25, -0.2) is 4.79 Å². The molecule has 192 valence electrons. The second-order valence-electron chi connectivity index (χ2n) is 10.1. The third-order valence-corrected chi connectivity index (χ3v) is 7.61. The summed E-state index contributed by atoms with van der Waals surface area (Å²) >= 11 is 6.30. The molecular weight excluding hydrogens is 500 g/mol. The van der Waals surface area contributed by atoms with Gasteiger partial charge in [0.25, 0.3) is 0 Å². The fraction of sp³-hybridized carbons (Fsp3) is 0.321. The lowest BCUT2D eigenvalue weighted by atomic mass is 10.1. The molecule has 4 heterocycles. The molecule has 0 unspecified atom stereocenters. The molecule has 1 fully saturated rings. The zero-order chi connectivity index (χ0) is 26.6. The monoisotopic (exact) mass is 526 g/mol. The van der Waals surface area contributed by atoms with Gasteiger partial charge in [-0.1, -0.05) is 11.6 Å². The summed E-state index contributed by atoms with van der Waals surface area (Å²) in [5, 5.41) is 23.7. The van der Waals surface area contributed by atoms with Crippen LogP contribution in [0.4, 0.5) is 5.82 Å². The number of aromatic nitrogens is 4. The fourth-order valence-electron chi connectivity index (χ4n) is 5.19. The van der Waals surface area contributed by atoms with Gasteiger partial charge >= 0.3 is 5.69 Å². The number of nitriles is 1. The van der Waals surface area contributed by atoms with E-state index in [0.29, 0.717) is 58.9 Å². The number of halogens is 1. The number of benzene rings is 1. The molecule has 3 aromatic heterocycles.